The van der Waals surface area contributed by atoms with E-state index in [-0.39, 0.29) is 18.4 Å². The number of nitrogens with zero attached hydrogens (tertiary/aromatic N) is 2. The number of carbonyl (C=O) groups excluding carboxylic acids is 1. The fourth-order valence-electron chi connectivity index (χ4n) is 2.38. The maximum atomic E-state index is 13.1. The molecule has 1 fully saturated rings. The lowest BCUT2D eigenvalue weighted by atomic mass is 10.2. The minimum absolute atomic E-state index is 0. The minimum atomic E-state index is -2.88. The number of hydrogen-bond donors (Lipinski definition) is 2. The number of halogens is 4. The van der Waals surface area contributed by atoms with Crippen LogP contribution in [0.2, 0.25) is 0 Å². The third kappa shape index (κ3) is 3.02. The van der Waals surface area contributed by atoms with Crippen molar-refractivity contribution in [1.29, 1.82) is 0 Å². The predicted molar refractivity (Wildman–Crippen MR) is 77.9 cm³/mol. The fourth-order valence-corrected chi connectivity index (χ4v) is 2.38. The van der Waals surface area contributed by atoms with Gasteiger partial charge in [0.05, 0.1) is 23.6 Å². The van der Waals surface area contributed by atoms with Gasteiger partial charge in [-0.05, 0) is 12.1 Å². The van der Waals surface area contributed by atoms with Crippen molar-refractivity contribution in [3.05, 3.63) is 24.0 Å². The van der Waals surface area contributed by atoms with Gasteiger partial charge in [-0.2, -0.15) is 0 Å². The van der Waals surface area contributed by atoms with Crippen LogP contribution in [0.1, 0.15) is 6.42 Å². The van der Waals surface area contributed by atoms with Crippen LogP contribution in [-0.4, -0.2) is 34.0 Å². The lowest BCUT2D eigenvalue weighted by Gasteiger charge is -2.10. The first kappa shape index (κ1) is 16.6. The number of fused-ring (bicyclic) bond motifs is 1. The molecule has 3 rings (SSSR count). The Kier molecular flexibility index (Phi) is 4.35. The van der Waals surface area contributed by atoms with Crippen molar-refractivity contribution in [3.63, 3.8) is 0 Å². The van der Waals surface area contributed by atoms with E-state index in [0.29, 0.717) is 11.0 Å². The van der Waals surface area contributed by atoms with Crippen molar-refractivity contribution >= 4 is 35.3 Å². The van der Waals surface area contributed by atoms with E-state index in [0.717, 1.165) is 0 Å². The van der Waals surface area contributed by atoms with E-state index in [9.17, 15) is 18.0 Å². The van der Waals surface area contributed by atoms with E-state index in [1.807, 2.05) is 0 Å². The number of nitrogens with one attached hydrogen (secondary N) is 2. The Labute approximate surface area is 130 Å². The molecular formula is C13H14ClF3N4O. The summed E-state index contributed by atoms with van der Waals surface area (Å²) in [7, 11) is 1.65. The van der Waals surface area contributed by atoms with E-state index < -0.39 is 36.7 Å². The maximum absolute atomic E-state index is 13.1. The molecule has 0 aliphatic carbocycles. The zero-order valence-corrected chi connectivity index (χ0v) is 12.4. The Morgan fingerprint density at radius 1 is 1.50 bits per heavy atom. The number of imidazole rings is 1. The Bertz CT molecular complexity index is 719. The molecule has 1 aliphatic heterocycles. The Morgan fingerprint density at radius 3 is 2.86 bits per heavy atom. The van der Waals surface area contributed by atoms with Crippen LogP contribution in [0.15, 0.2) is 18.2 Å². The fraction of sp³-hybridized carbons (Fsp3) is 0.385. The number of aromatic nitrogens is 2. The SMILES string of the molecule is Cl.Cn1c(NC(=O)C2CC(F)(F)CN2)nc2cc(F)ccc21. The van der Waals surface area contributed by atoms with Gasteiger partial charge in [-0.25, -0.2) is 18.2 Å². The molecule has 9 heteroatoms. The first-order valence-corrected chi connectivity index (χ1v) is 6.40. The maximum Gasteiger partial charge on any atom is 0.262 e. The Balaban J connectivity index is 0.00000176. The molecule has 120 valence electrons. The van der Waals surface area contributed by atoms with Gasteiger partial charge in [-0.3, -0.25) is 15.4 Å². The molecule has 2 N–H and O–H groups in total. The highest BCUT2D eigenvalue weighted by atomic mass is 35.5. The van der Waals surface area contributed by atoms with Crippen LogP contribution in [-0.2, 0) is 11.8 Å². The van der Waals surface area contributed by atoms with Crippen molar-refractivity contribution in [3.8, 4) is 0 Å². The molecule has 0 saturated carbocycles. The molecule has 1 aromatic carbocycles. The third-order valence-corrected chi connectivity index (χ3v) is 3.50. The second-order valence-corrected chi connectivity index (χ2v) is 5.11. The quantitative estimate of drug-likeness (QED) is 0.884. The van der Waals surface area contributed by atoms with Gasteiger partial charge in [0.1, 0.15) is 5.82 Å². The van der Waals surface area contributed by atoms with Gasteiger partial charge in [0.2, 0.25) is 11.9 Å². The lowest BCUT2D eigenvalue weighted by molar-refractivity contribution is -0.118. The average molecular weight is 335 g/mol. The summed E-state index contributed by atoms with van der Waals surface area (Å²) in [6.07, 6.45) is -0.544. The van der Waals surface area contributed by atoms with Crippen LogP contribution < -0.4 is 10.6 Å². The summed E-state index contributed by atoms with van der Waals surface area (Å²) >= 11 is 0. The van der Waals surface area contributed by atoms with E-state index >= 15 is 0 Å². The number of hydrogen-bond acceptors (Lipinski definition) is 3. The van der Waals surface area contributed by atoms with E-state index in [4.69, 9.17) is 0 Å². The van der Waals surface area contributed by atoms with Gasteiger partial charge in [-0.1, -0.05) is 0 Å². The van der Waals surface area contributed by atoms with E-state index in [2.05, 4.69) is 15.6 Å². The summed E-state index contributed by atoms with van der Waals surface area (Å²) in [5.74, 6) is -3.70. The van der Waals surface area contributed by atoms with Crippen molar-refractivity contribution < 1.29 is 18.0 Å². The van der Waals surface area contributed by atoms with Crippen LogP contribution in [0.5, 0.6) is 0 Å². The second kappa shape index (κ2) is 5.77. The molecule has 0 radical (unpaired) electrons. The van der Waals surface area contributed by atoms with Gasteiger partial charge in [0, 0.05) is 19.5 Å². The van der Waals surface area contributed by atoms with Crippen LogP contribution >= 0.6 is 12.4 Å². The van der Waals surface area contributed by atoms with Gasteiger partial charge >= 0.3 is 0 Å². The Hall–Kier alpha value is -1.80. The van der Waals surface area contributed by atoms with Gasteiger partial charge < -0.3 is 4.57 Å². The number of carbonyl (C=O) groups is 1. The first-order chi connectivity index (χ1) is 9.85. The highest BCUT2D eigenvalue weighted by molar-refractivity contribution is 5.95. The zero-order chi connectivity index (χ0) is 15.2. The van der Waals surface area contributed by atoms with Crippen molar-refractivity contribution in [2.75, 3.05) is 11.9 Å². The monoisotopic (exact) mass is 334 g/mol. The summed E-state index contributed by atoms with van der Waals surface area (Å²) in [6, 6.07) is 3.10. The smallest absolute Gasteiger partial charge is 0.262 e. The van der Waals surface area contributed by atoms with Gasteiger partial charge in [0.25, 0.3) is 5.92 Å². The van der Waals surface area contributed by atoms with Crippen LogP contribution in [0, 0.1) is 5.82 Å². The standard InChI is InChI=1S/C13H13F3N4O.ClH/c1-20-10-3-2-7(14)4-8(10)18-12(20)19-11(21)9-5-13(15,16)6-17-9;/h2-4,9,17H,5-6H2,1H3,(H,18,19,21);1H. The third-order valence-electron chi connectivity index (χ3n) is 3.50. The van der Waals surface area contributed by atoms with Gasteiger partial charge in [-0.15, -0.1) is 12.4 Å². The van der Waals surface area contributed by atoms with E-state index in [1.165, 1.54) is 18.2 Å². The normalized spacial score (nSPS) is 19.9. The summed E-state index contributed by atoms with van der Waals surface area (Å²) in [5, 5.41) is 4.96. The molecule has 1 unspecified atom stereocenters. The molecule has 1 aromatic heterocycles. The zero-order valence-electron chi connectivity index (χ0n) is 11.6. The lowest BCUT2D eigenvalue weighted by Crippen LogP contribution is -2.36. The van der Waals surface area contributed by atoms with Crippen LogP contribution in [0.4, 0.5) is 19.1 Å². The molecule has 22 heavy (non-hydrogen) atoms. The highest BCUT2D eigenvalue weighted by Crippen LogP contribution is 2.26. The van der Waals surface area contributed by atoms with Crippen LogP contribution in [0.3, 0.4) is 0 Å². The number of benzene rings is 1. The summed E-state index contributed by atoms with van der Waals surface area (Å²) in [6.45, 7) is -0.515. The molecule has 1 amide bonds. The molecule has 5 nitrogen and oxygen atoms in total. The molecule has 1 atom stereocenters. The van der Waals surface area contributed by atoms with E-state index in [1.54, 1.807) is 11.6 Å². The number of rotatable bonds is 2. The summed E-state index contributed by atoms with van der Waals surface area (Å²) in [4.78, 5) is 16.1. The highest BCUT2D eigenvalue weighted by Gasteiger charge is 2.42. The van der Waals surface area contributed by atoms with Crippen molar-refractivity contribution in [2.24, 2.45) is 7.05 Å². The summed E-state index contributed by atoms with van der Waals surface area (Å²) < 4.78 is 40.9. The molecule has 1 aliphatic rings. The largest absolute Gasteiger partial charge is 0.313 e. The predicted octanol–water partition coefficient (Wildman–Crippen LogP) is 2.07. The van der Waals surface area contributed by atoms with Crippen LogP contribution in [0.25, 0.3) is 11.0 Å². The Morgan fingerprint density at radius 2 is 2.23 bits per heavy atom. The number of anilines is 1. The van der Waals surface area contributed by atoms with Crippen molar-refractivity contribution in [2.45, 2.75) is 18.4 Å². The van der Waals surface area contributed by atoms with Crippen molar-refractivity contribution in [1.82, 2.24) is 14.9 Å². The molecular weight excluding hydrogens is 321 g/mol. The van der Waals surface area contributed by atoms with Gasteiger partial charge in [0.15, 0.2) is 0 Å². The minimum Gasteiger partial charge on any atom is -0.313 e. The number of alkyl halides is 2. The number of aryl methyl sites for hydroxylation is 1. The topological polar surface area (TPSA) is 59.0 Å². The first-order valence-electron chi connectivity index (χ1n) is 6.40. The number of amides is 1. The molecule has 0 spiro atoms. The second-order valence-electron chi connectivity index (χ2n) is 5.11. The molecule has 1 saturated heterocycles. The average Bonchev–Trinajstić information content (AvgIpc) is 2.91. The molecule has 0 bridgehead atoms. The molecule has 2 heterocycles. The molecule has 2 aromatic rings. The summed E-state index contributed by atoms with van der Waals surface area (Å²) in [5.41, 5.74) is 1.02.